The van der Waals surface area contributed by atoms with Gasteiger partial charge in [0.15, 0.2) is 0 Å². The van der Waals surface area contributed by atoms with Crippen LogP contribution in [0.1, 0.15) is 16.8 Å². The Labute approximate surface area is 136 Å². The molecule has 7 heteroatoms. The molecule has 0 aliphatic carbocycles. The Bertz CT molecular complexity index is 493. The minimum absolute atomic E-state index is 0.0551. The average molecular weight is 323 g/mol. The zero-order valence-electron chi connectivity index (χ0n) is 13.9. The maximum Gasteiger partial charge on any atom is 0.253 e. The number of carbonyl (C=O) groups is 1. The Morgan fingerprint density at radius 2 is 2.30 bits per heavy atom. The molecule has 1 aromatic heterocycles. The summed E-state index contributed by atoms with van der Waals surface area (Å²) in [5, 5.41) is 3.02. The van der Waals surface area contributed by atoms with Gasteiger partial charge in [0, 0.05) is 25.4 Å². The molecule has 2 atom stereocenters. The summed E-state index contributed by atoms with van der Waals surface area (Å²) in [5.74, 6) is 0.325. The van der Waals surface area contributed by atoms with E-state index in [9.17, 15) is 4.79 Å². The van der Waals surface area contributed by atoms with Crippen LogP contribution in [0.4, 0.5) is 0 Å². The minimum Gasteiger partial charge on any atom is -0.481 e. The number of ether oxygens (including phenoxy) is 3. The molecule has 0 aromatic carbocycles. The van der Waals surface area contributed by atoms with Crippen LogP contribution < -0.4 is 10.1 Å². The van der Waals surface area contributed by atoms with Crippen molar-refractivity contribution in [2.24, 2.45) is 0 Å². The molecule has 1 amide bonds. The molecular weight excluding hydrogens is 298 g/mol. The molecule has 0 spiro atoms. The van der Waals surface area contributed by atoms with Gasteiger partial charge < -0.3 is 24.4 Å². The fraction of sp³-hybridized carbons (Fsp3) is 0.625. The number of hydrogen-bond acceptors (Lipinski definition) is 6. The summed E-state index contributed by atoms with van der Waals surface area (Å²) in [6.07, 6.45) is 2.12. The second-order valence-electron chi connectivity index (χ2n) is 5.75. The summed E-state index contributed by atoms with van der Waals surface area (Å²) >= 11 is 0. The number of hydrogen-bond donors (Lipinski definition) is 1. The van der Waals surface area contributed by atoms with Crippen molar-refractivity contribution in [1.82, 2.24) is 15.2 Å². The van der Waals surface area contributed by atoms with Gasteiger partial charge in [-0.05, 0) is 26.6 Å². The van der Waals surface area contributed by atoms with Crippen molar-refractivity contribution in [3.05, 3.63) is 23.9 Å². The summed E-state index contributed by atoms with van der Waals surface area (Å²) in [5.41, 5.74) is 0.504. The van der Waals surface area contributed by atoms with Crippen LogP contribution in [0.15, 0.2) is 18.3 Å². The van der Waals surface area contributed by atoms with Crippen LogP contribution in [0.2, 0.25) is 0 Å². The van der Waals surface area contributed by atoms with E-state index in [1.54, 1.807) is 19.2 Å². The normalized spacial score (nSPS) is 21.2. The third-order valence-corrected chi connectivity index (χ3v) is 3.70. The Morgan fingerprint density at radius 1 is 1.48 bits per heavy atom. The lowest BCUT2D eigenvalue weighted by Crippen LogP contribution is -2.50. The van der Waals surface area contributed by atoms with E-state index in [1.165, 1.54) is 6.20 Å². The van der Waals surface area contributed by atoms with Gasteiger partial charge in [-0.15, -0.1) is 0 Å². The highest BCUT2D eigenvalue weighted by atomic mass is 16.5. The molecule has 2 heterocycles. The van der Waals surface area contributed by atoms with Gasteiger partial charge in [-0.25, -0.2) is 4.98 Å². The van der Waals surface area contributed by atoms with E-state index in [2.05, 4.69) is 15.2 Å². The Morgan fingerprint density at radius 3 is 2.96 bits per heavy atom. The Hall–Kier alpha value is -1.70. The van der Waals surface area contributed by atoms with Crippen LogP contribution in [0, 0.1) is 0 Å². The smallest absolute Gasteiger partial charge is 0.253 e. The van der Waals surface area contributed by atoms with Gasteiger partial charge in [0.25, 0.3) is 5.91 Å². The van der Waals surface area contributed by atoms with Crippen molar-refractivity contribution in [3.8, 4) is 5.88 Å². The number of pyridine rings is 1. The third-order valence-electron chi connectivity index (χ3n) is 3.70. The molecular formula is C16H25N3O4. The number of carbonyl (C=O) groups excluding carboxylic acids is 1. The Kier molecular flexibility index (Phi) is 6.76. The van der Waals surface area contributed by atoms with Crippen molar-refractivity contribution < 1.29 is 19.0 Å². The molecule has 0 saturated carbocycles. The first-order valence-corrected chi connectivity index (χ1v) is 7.75. The molecule has 1 aromatic rings. The fourth-order valence-corrected chi connectivity index (χ4v) is 2.31. The lowest BCUT2D eigenvalue weighted by Gasteiger charge is -2.32. The number of amides is 1. The second-order valence-corrected chi connectivity index (χ2v) is 5.75. The number of nitrogens with one attached hydrogen (secondary N) is 1. The van der Waals surface area contributed by atoms with E-state index in [1.807, 2.05) is 14.1 Å². The zero-order valence-corrected chi connectivity index (χ0v) is 13.9. The summed E-state index contributed by atoms with van der Waals surface area (Å²) < 4.78 is 16.3. The van der Waals surface area contributed by atoms with Gasteiger partial charge in [-0.2, -0.15) is 0 Å². The predicted octanol–water partition coefficient (Wildman–Crippen LogP) is 0.556. The second kappa shape index (κ2) is 8.81. The molecule has 128 valence electrons. The highest BCUT2D eigenvalue weighted by molar-refractivity contribution is 5.94. The van der Waals surface area contributed by atoms with Crippen molar-refractivity contribution >= 4 is 5.91 Å². The van der Waals surface area contributed by atoms with Crippen LogP contribution in [0.25, 0.3) is 0 Å². The van der Waals surface area contributed by atoms with Gasteiger partial charge >= 0.3 is 0 Å². The third kappa shape index (κ3) is 5.46. The van der Waals surface area contributed by atoms with Gasteiger partial charge in [0.2, 0.25) is 5.88 Å². The molecule has 1 aliphatic heterocycles. The molecule has 1 N–H and O–H groups in total. The standard InChI is InChI=1S/C16H25N3O4/c1-19(2)7-9-23-14-11-22-8-6-13(14)18-16(20)12-4-5-15(21-3)17-10-12/h4-5,10,13-14H,6-9,11H2,1-3H3,(H,18,20)/t13-,14-/m1/s1. The number of nitrogens with zero attached hydrogens (tertiary/aromatic N) is 2. The van der Waals surface area contributed by atoms with Gasteiger partial charge in [0.1, 0.15) is 6.10 Å². The van der Waals surface area contributed by atoms with Crippen LogP contribution in [-0.4, -0.2) is 75.5 Å². The molecule has 2 rings (SSSR count). The quantitative estimate of drug-likeness (QED) is 0.790. The largest absolute Gasteiger partial charge is 0.481 e. The van der Waals surface area contributed by atoms with Crippen molar-refractivity contribution in [3.63, 3.8) is 0 Å². The van der Waals surface area contributed by atoms with Gasteiger partial charge in [-0.1, -0.05) is 0 Å². The van der Waals surface area contributed by atoms with E-state index in [0.717, 1.165) is 13.0 Å². The molecule has 0 unspecified atom stereocenters. The van der Waals surface area contributed by atoms with Gasteiger partial charge in [-0.3, -0.25) is 4.79 Å². The summed E-state index contributed by atoms with van der Waals surface area (Å²) in [7, 11) is 5.53. The highest BCUT2D eigenvalue weighted by Crippen LogP contribution is 2.13. The molecule has 1 aliphatic rings. The van der Waals surface area contributed by atoms with Crippen molar-refractivity contribution in [2.75, 3.05) is 47.6 Å². The van der Waals surface area contributed by atoms with Crippen LogP contribution in [0.5, 0.6) is 5.88 Å². The molecule has 1 fully saturated rings. The molecule has 0 radical (unpaired) electrons. The van der Waals surface area contributed by atoms with E-state index in [-0.39, 0.29) is 18.1 Å². The number of aromatic nitrogens is 1. The molecule has 7 nitrogen and oxygen atoms in total. The maximum atomic E-state index is 12.3. The molecule has 0 bridgehead atoms. The summed E-state index contributed by atoms with van der Waals surface area (Å²) in [6.45, 7) is 2.57. The van der Waals surface area contributed by atoms with Crippen LogP contribution in [-0.2, 0) is 9.47 Å². The number of methoxy groups -OCH3 is 1. The van der Waals surface area contributed by atoms with E-state index in [0.29, 0.717) is 31.3 Å². The summed E-state index contributed by atoms with van der Waals surface area (Å²) in [6, 6.07) is 3.31. The topological polar surface area (TPSA) is 72.9 Å². The zero-order chi connectivity index (χ0) is 16.7. The minimum atomic E-state index is -0.159. The lowest BCUT2D eigenvalue weighted by molar-refractivity contribution is -0.0690. The van der Waals surface area contributed by atoms with E-state index in [4.69, 9.17) is 14.2 Å². The molecule has 23 heavy (non-hydrogen) atoms. The van der Waals surface area contributed by atoms with E-state index < -0.39 is 0 Å². The van der Waals surface area contributed by atoms with Crippen molar-refractivity contribution in [2.45, 2.75) is 18.6 Å². The predicted molar refractivity (Wildman–Crippen MR) is 85.8 cm³/mol. The number of likely N-dealkylation sites (N-methyl/N-ethyl adjacent to an activating group) is 1. The summed E-state index contributed by atoms with van der Waals surface area (Å²) in [4.78, 5) is 18.5. The Balaban J connectivity index is 1.90. The van der Waals surface area contributed by atoms with E-state index >= 15 is 0 Å². The number of rotatable bonds is 7. The van der Waals surface area contributed by atoms with Crippen LogP contribution >= 0.6 is 0 Å². The van der Waals surface area contributed by atoms with Crippen molar-refractivity contribution in [1.29, 1.82) is 0 Å². The van der Waals surface area contributed by atoms with Crippen LogP contribution in [0.3, 0.4) is 0 Å². The average Bonchev–Trinajstić information content (AvgIpc) is 2.56. The fourth-order valence-electron chi connectivity index (χ4n) is 2.31. The lowest BCUT2D eigenvalue weighted by atomic mass is 10.1. The first kappa shape index (κ1) is 17.7. The molecule has 1 saturated heterocycles. The SMILES string of the molecule is COc1ccc(C(=O)N[C@@H]2CCOC[C@H]2OCCN(C)C)cn1. The first-order valence-electron chi connectivity index (χ1n) is 7.75. The highest BCUT2D eigenvalue weighted by Gasteiger charge is 2.28. The first-order chi connectivity index (χ1) is 11.1. The maximum absolute atomic E-state index is 12.3. The van der Waals surface area contributed by atoms with Gasteiger partial charge in [0.05, 0.1) is 31.9 Å². The monoisotopic (exact) mass is 323 g/mol.